The topological polar surface area (TPSA) is 51.4 Å². The van der Waals surface area contributed by atoms with Gasteiger partial charge < -0.3 is 4.98 Å². The summed E-state index contributed by atoms with van der Waals surface area (Å²) in [5.41, 5.74) is 4.10. The monoisotopic (exact) mass is 293 g/mol. The fourth-order valence-corrected chi connectivity index (χ4v) is 3.13. The summed E-state index contributed by atoms with van der Waals surface area (Å²) >= 11 is 7.08. The van der Waals surface area contributed by atoms with Gasteiger partial charge in [0.15, 0.2) is 10.4 Å². The molecule has 3 heterocycles. The van der Waals surface area contributed by atoms with Crippen molar-refractivity contribution in [2.75, 3.05) is 0 Å². The molecule has 0 fully saturated rings. The summed E-state index contributed by atoms with van der Waals surface area (Å²) in [4.78, 5) is 7.75. The van der Waals surface area contributed by atoms with Gasteiger partial charge in [0.05, 0.1) is 22.9 Å². The lowest BCUT2D eigenvalue weighted by atomic mass is 10.4. The number of hydrogen-bond donors (Lipinski definition) is 1. The summed E-state index contributed by atoms with van der Waals surface area (Å²) in [5.74, 6) is 0. The molecule has 0 spiro atoms. The Hall–Kier alpha value is -1.47. The number of aryl methyl sites for hydroxylation is 3. The number of nitrogens with zero attached hydrogens (tertiary/aromatic N) is 4. The Bertz CT molecular complexity index is 789. The SMILES string of the molecule is CCn1nc(C)c2[nH]c(=S)n(Cc3csc(C)n3)c21. The van der Waals surface area contributed by atoms with E-state index in [2.05, 4.69) is 31.9 Å². The average Bonchev–Trinajstić information content (AvgIpc) is 3.00. The minimum atomic E-state index is 0.689. The zero-order valence-corrected chi connectivity index (χ0v) is 12.7. The van der Waals surface area contributed by atoms with Crippen LogP contribution in [0.3, 0.4) is 0 Å². The van der Waals surface area contributed by atoms with Crippen LogP contribution in [0.2, 0.25) is 0 Å². The van der Waals surface area contributed by atoms with Crippen LogP contribution in [0.25, 0.3) is 11.2 Å². The highest BCUT2D eigenvalue weighted by molar-refractivity contribution is 7.71. The number of imidazole rings is 1. The van der Waals surface area contributed by atoms with E-state index < -0.39 is 0 Å². The van der Waals surface area contributed by atoms with Crippen molar-refractivity contribution < 1.29 is 0 Å². The van der Waals surface area contributed by atoms with Gasteiger partial charge in [0.25, 0.3) is 0 Å². The van der Waals surface area contributed by atoms with E-state index in [1.54, 1.807) is 11.3 Å². The lowest BCUT2D eigenvalue weighted by Gasteiger charge is -2.04. The largest absolute Gasteiger partial charge is 0.328 e. The molecule has 100 valence electrons. The van der Waals surface area contributed by atoms with Crippen molar-refractivity contribution >= 4 is 34.7 Å². The molecule has 0 saturated carbocycles. The van der Waals surface area contributed by atoms with Crippen LogP contribution in [-0.4, -0.2) is 24.3 Å². The van der Waals surface area contributed by atoms with E-state index in [1.165, 1.54) is 0 Å². The molecule has 7 heteroatoms. The van der Waals surface area contributed by atoms with Gasteiger partial charge in [-0.2, -0.15) is 5.10 Å². The first-order valence-electron chi connectivity index (χ1n) is 6.17. The van der Waals surface area contributed by atoms with Crippen molar-refractivity contribution in [1.82, 2.24) is 24.3 Å². The van der Waals surface area contributed by atoms with Crippen LogP contribution >= 0.6 is 23.6 Å². The number of H-pyrrole nitrogens is 1. The van der Waals surface area contributed by atoms with E-state index in [-0.39, 0.29) is 0 Å². The highest BCUT2D eigenvalue weighted by Gasteiger charge is 2.14. The van der Waals surface area contributed by atoms with E-state index in [0.29, 0.717) is 6.54 Å². The normalized spacial score (nSPS) is 11.5. The molecule has 0 aliphatic rings. The Morgan fingerprint density at radius 2 is 2.21 bits per heavy atom. The van der Waals surface area contributed by atoms with Crippen molar-refractivity contribution in [3.63, 3.8) is 0 Å². The first kappa shape index (κ1) is 12.6. The molecule has 5 nitrogen and oxygen atoms in total. The quantitative estimate of drug-likeness (QED) is 0.755. The van der Waals surface area contributed by atoms with E-state index >= 15 is 0 Å². The van der Waals surface area contributed by atoms with Crippen molar-refractivity contribution in [2.45, 2.75) is 33.9 Å². The molecule has 0 bridgehead atoms. The smallest absolute Gasteiger partial charge is 0.179 e. The Kier molecular flexibility index (Phi) is 3.02. The Morgan fingerprint density at radius 3 is 2.84 bits per heavy atom. The summed E-state index contributed by atoms with van der Waals surface area (Å²) in [6, 6.07) is 0. The molecule has 0 radical (unpaired) electrons. The van der Waals surface area contributed by atoms with Crippen LogP contribution in [0.1, 0.15) is 23.3 Å². The molecule has 0 saturated heterocycles. The molecule has 0 unspecified atom stereocenters. The van der Waals surface area contributed by atoms with Crippen molar-refractivity contribution in [3.8, 4) is 0 Å². The maximum Gasteiger partial charge on any atom is 0.179 e. The average molecular weight is 293 g/mol. The van der Waals surface area contributed by atoms with Crippen LogP contribution in [0.5, 0.6) is 0 Å². The number of rotatable bonds is 3. The molecule has 0 amide bonds. The van der Waals surface area contributed by atoms with Gasteiger partial charge in [0.1, 0.15) is 5.52 Å². The van der Waals surface area contributed by atoms with Crippen LogP contribution in [0.4, 0.5) is 0 Å². The maximum absolute atomic E-state index is 5.42. The number of thiazole rings is 1. The zero-order valence-electron chi connectivity index (χ0n) is 11.1. The second kappa shape index (κ2) is 4.57. The molecule has 3 aromatic heterocycles. The summed E-state index contributed by atoms with van der Waals surface area (Å²) in [7, 11) is 0. The Labute approximate surface area is 119 Å². The van der Waals surface area contributed by atoms with Crippen LogP contribution in [0, 0.1) is 18.6 Å². The van der Waals surface area contributed by atoms with Crippen molar-refractivity contribution in [3.05, 3.63) is 26.5 Å². The van der Waals surface area contributed by atoms with Crippen molar-refractivity contribution in [1.29, 1.82) is 0 Å². The second-order valence-corrected chi connectivity index (χ2v) is 5.92. The van der Waals surface area contributed by atoms with Gasteiger partial charge in [-0.15, -0.1) is 11.3 Å². The number of hydrogen-bond acceptors (Lipinski definition) is 4. The van der Waals surface area contributed by atoms with E-state index in [4.69, 9.17) is 12.2 Å². The molecular weight excluding hydrogens is 278 g/mol. The number of aromatic nitrogens is 5. The maximum atomic E-state index is 5.42. The third-order valence-electron chi connectivity index (χ3n) is 3.12. The standard InChI is InChI=1S/C12H15N5S2/c1-4-17-11-10(7(2)15-17)14-12(18)16(11)5-9-6-19-8(3)13-9/h6H,4-5H2,1-3H3,(H,14,18). The number of aromatic amines is 1. The lowest BCUT2D eigenvalue weighted by Crippen LogP contribution is -2.06. The van der Waals surface area contributed by atoms with Gasteiger partial charge in [-0.1, -0.05) is 0 Å². The summed E-state index contributed by atoms with van der Waals surface area (Å²) in [6.45, 7) is 7.61. The minimum Gasteiger partial charge on any atom is -0.328 e. The predicted octanol–water partition coefficient (Wildman–Crippen LogP) is 3.04. The van der Waals surface area contributed by atoms with Crippen LogP contribution in [0.15, 0.2) is 5.38 Å². The van der Waals surface area contributed by atoms with Crippen LogP contribution < -0.4 is 0 Å². The van der Waals surface area contributed by atoms with E-state index in [9.17, 15) is 0 Å². The summed E-state index contributed by atoms with van der Waals surface area (Å²) in [6.07, 6.45) is 0. The lowest BCUT2D eigenvalue weighted by molar-refractivity contribution is 0.641. The van der Waals surface area contributed by atoms with Crippen molar-refractivity contribution in [2.24, 2.45) is 0 Å². The van der Waals surface area contributed by atoms with Gasteiger partial charge in [-0.3, -0.25) is 4.57 Å². The highest BCUT2D eigenvalue weighted by atomic mass is 32.1. The van der Waals surface area contributed by atoms with E-state index in [0.717, 1.165) is 38.9 Å². The first-order valence-corrected chi connectivity index (χ1v) is 7.46. The third-order valence-corrected chi connectivity index (χ3v) is 4.26. The first-order chi connectivity index (χ1) is 9.10. The molecule has 3 aromatic rings. The summed E-state index contributed by atoms with van der Waals surface area (Å²) < 4.78 is 4.78. The zero-order chi connectivity index (χ0) is 13.6. The van der Waals surface area contributed by atoms with Gasteiger partial charge in [0, 0.05) is 11.9 Å². The predicted molar refractivity (Wildman–Crippen MR) is 79.3 cm³/mol. The summed E-state index contributed by atoms with van der Waals surface area (Å²) in [5, 5.41) is 7.67. The van der Waals surface area contributed by atoms with E-state index in [1.807, 2.05) is 18.5 Å². The molecule has 3 rings (SSSR count). The van der Waals surface area contributed by atoms with Gasteiger partial charge in [0.2, 0.25) is 0 Å². The van der Waals surface area contributed by atoms with Crippen LogP contribution in [-0.2, 0) is 13.1 Å². The molecule has 0 aromatic carbocycles. The van der Waals surface area contributed by atoms with Gasteiger partial charge >= 0.3 is 0 Å². The molecular formula is C12H15N5S2. The fourth-order valence-electron chi connectivity index (χ4n) is 2.27. The van der Waals surface area contributed by atoms with Gasteiger partial charge in [-0.05, 0) is 33.0 Å². The fraction of sp³-hybridized carbons (Fsp3) is 0.417. The van der Waals surface area contributed by atoms with Gasteiger partial charge in [-0.25, -0.2) is 9.67 Å². The number of nitrogens with one attached hydrogen (secondary N) is 1. The third kappa shape index (κ3) is 2.02. The molecule has 19 heavy (non-hydrogen) atoms. The number of fused-ring (bicyclic) bond motifs is 1. The Balaban J connectivity index is 2.17. The second-order valence-electron chi connectivity index (χ2n) is 4.47. The molecule has 0 atom stereocenters. The molecule has 0 aliphatic carbocycles. The molecule has 1 N–H and O–H groups in total. The minimum absolute atomic E-state index is 0.689. The Morgan fingerprint density at radius 1 is 1.42 bits per heavy atom. The highest BCUT2D eigenvalue weighted by Crippen LogP contribution is 2.19. The molecule has 0 aliphatic heterocycles.